The molecule has 0 saturated carbocycles. The summed E-state index contributed by atoms with van der Waals surface area (Å²) in [7, 11) is 1.35. The van der Waals surface area contributed by atoms with Crippen LogP contribution in [0.4, 0.5) is 5.69 Å². The summed E-state index contributed by atoms with van der Waals surface area (Å²) in [4.78, 5) is 45.9. The summed E-state index contributed by atoms with van der Waals surface area (Å²) in [5.41, 5.74) is 5.35. The van der Waals surface area contributed by atoms with Gasteiger partial charge < -0.3 is 25.8 Å². The molecular weight excluding hydrogens is 408 g/mol. The first kappa shape index (κ1) is 23.1. The molecule has 3 amide bonds. The first-order chi connectivity index (χ1) is 14.8. The minimum atomic E-state index is -0.674. The van der Waals surface area contributed by atoms with E-state index in [2.05, 4.69) is 10.6 Å². The van der Waals surface area contributed by atoms with Gasteiger partial charge in [-0.15, -0.1) is 0 Å². The van der Waals surface area contributed by atoms with Gasteiger partial charge in [0.2, 0.25) is 5.91 Å². The third-order valence-corrected chi connectivity index (χ3v) is 4.12. The van der Waals surface area contributed by atoms with E-state index >= 15 is 0 Å². The number of benzene rings is 2. The van der Waals surface area contributed by atoms with Crippen LogP contribution in [-0.2, 0) is 11.3 Å². The van der Waals surface area contributed by atoms with Crippen LogP contribution in [0.15, 0.2) is 36.4 Å². The molecule has 11 nitrogen and oxygen atoms in total. The number of nitrogens with one attached hydrogen (secondary N) is 2. The predicted octanol–water partition coefficient (Wildman–Crippen LogP) is 1.15. The first-order valence-electron chi connectivity index (χ1n) is 9.19. The number of primary amides is 1. The lowest BCUT2D eigenvalue weighted by molar-refractivity contribution is -0.385. The molecule has 0 fully saturated rings. The Labute approximate surface area is 177 Å². The van der Waals surface area contributed by atoms with Gasteiger partial charge in [0, 0.05) is 18.2 Å². The molecular formula is C20H22N4O7. The van der Waals surface area contributed by atoms with Crippen molar-refractivity contribution in [1.29, 1.82) is 0 Å². The molecule has 0 aliphatic heterocycles. The first-order valence-corrected chi connectivity index (χ1v) is 9.19. The van der Waals surface area contributed by atoms with Gasteiger partial charge in [0.1, 0.15) is 5.56 Å². The van der Waals surface area contributed by atoms with Crippen molar-refractivity contribution >= 4 is 23.4 Å². The van der Waals surface area contributed by atoms with Gasteiger partial charge in [-0.05, 0) is 24.6 Å². The molecule has 0 heterocycles. The van der Waals surface area contributed by atoms with Gasteiger partial charge in [0.15, 0.2) is 11.5 Å². The normalized spacial score (nSPS) is 10.1. The fraction of sp³-hybridized carbons (Fsp3) is 0.250. The van der Waals surface area contributed by atoms with Crippen LogP contribution in [0.2, 0.25) is 0 Å². The number of carbonyl (C=O) groups excluding carboxylic acids is 3. The molecule has 4 N–H and O–H groups in total. The molecule has 2 aromatic rings. The van der Waals surface area contributed by atoms with E-state index in [0.29, 0.717) is 11.1 Å². The van der Waals surface area contributed by atoms with Gasteiger partial charge >= 0.3 is 0 Å². The lowest BCUT2D eigenvalue weighted by atomic mass is 10.1. The number of methoxy groups -OCH3 is 1. The number of nitro benzene ring substituents is 1. The molecule has 0 aromatic heterocycles. The number of nitro groups is 1. The van der Waals surface area contributed by atoms with Crippen LogP contribution in [0, 0.1) is 10.1 Å². The topological polar surface area (TPSA) is 163 Å². The highest BCUT2D eigenvalue weighted by atomic mass is 16.6. The number of hydrogen-bond acceptors (Lipinski definition) is 7. The van der Waals surface area contributed by atoms with E-state index in [0.717, 1.165) is 6.07 Å². The number of carbonyl (C=O) groups is 3. The van der Waals surface area contributed by atoms with Crippen LogP contribution >= 0.6 is 0 Å². The van der Waals surface area contributed by atoms with Gasteiger partial charge in [0.05, 0.1) is 31.3 Å². The molecule has 2 rings (SSSR count). The van der Waals surface area contributed by atoms with Gasteiger partial charge in [-0.25, -0.2) is 0 Å². The zero-order valence-electron chi connectivity index (χ0n) is 17.0. The van der Waals surface area contributed by atoms with Crippen LogP contribution in [-0.4, -0.2) is 42.9 Å². The molecule has 0 spiro atoms. The van der Waals surface area contributed by atoms with E-state index in [9.17, 15) is 24.5 Å². The van der Waals surface area contributed by atoms with Crippen molar-refractivity contribution in [2.24, 2.45) is 5.73 Å². The van der Waals surface area contributed by atoms with Crippen molar-refractivity contribution in [3.8, 4) is 11.5 Å². The van der Waals surface area contributed by atoms with Gasteiger partial charge in [-0.1, -0.05) is 12.1 Å². The average Bonchev–Trinajstić information content (AvgIpc) is 2.75. The molecule has 0 unspecified atom stereocenters. The lowest BCUT2D eigenvalue weighted by Crippen LogP contribution is -2.33. The second-order valence-corrected chi connectivity index (χ2v) is 6.24. The Balaban J connectivity index is 2.13. The Bertz CT molecular complexity index is 990. The van der Waals surface area contributed by atoms with E-state index < -0.39 is 28.3 Å². The second kappa shape index (κ2) is 10.6. The maximum atomic E-state index is 12.6. The second-order valence-electron chi connectivity index (χ2n) is 6.24. The number of amides is 3. The van der Waals surface area contributed by atoms with E-state index in [-0.39, 0.29) is 36.8 Å². The fourth-order valence-electron chi connectivity index (χ4n) is 2.63. The zero-order valence-corrected chi connectivity index (χ0v) is 17.0. The van der Waals surface area contributed by atoms with Crippen LogP contribution in [0.3, 0.4) is 0 Å². The average molecular weight is 430 g/mol. The molecule has 31 heavy (non-hydrogen) atoms. The Morgan fingerprint density at radius 1 is 1.06 bits per heavy atom. The van der Waals surface area contributed by atoms with Crippen molar-refractivity contribution < 1.29 is 28.8 Å². The Morgan fingerprint density at radius 2 is 1.74 bits per heavy atom. The maximum absolute atomic E-state index is 12.6. The standard InChI is InChI=1S/C20H22N4O7/c1-3-31-17-8-14(15(24(28)29)9-16(17)30-2)20(27)22-10-12-4-6-13(7-5-12)19(26)23-11-18(21)25/h4-9H,3,10-11H2,1-2H3,(H2,21,25)(H,22,27)(H,23,26). The largest absolute Gasteiger partial charge is 0.493 e. The Morgan fingerprint density at radius 3 is 2.29 bits per heavy atom. The van der Waals surface area contributed by atoms with Gasteiger partial charge in [-0.3, -0.25) is 24.5 Å². The third-order valence-electron chi connectivity index (χ3n) is 4.12. The van der Waals surface area contributed by atoms with Crippen molar-refractivity contribution in [3.05, 3.63) is 63.2 Å². The molecule has 0 atom stereocenters. The summed E-state index contributed by atoms with van der Waals surface area (Å²) in [6, 6.07) is 8.64. The van der Waals surface area contributed by atoms with Gasteiger partial charge in [-0.2, -0.15) is 0 Å². The SMILES string of the molecule is CCOc1cc(C(=O)NCc2ccc(C(=O)NCC(N)=O)cc2)c([N+](=O)[O-])cc1OC. The smallest absolute Gasteiger partial charge is 0.286 e. The maximum Gasteiger partial charge on any atom is 0.286 e. The number of nitrogens with zero attached hydrogens (tertiary/aromatic N) is 1. The third kappa shape index (κ3) is 6.16. The summed E-state index contributed by atoms with van der Waals surface area (Å²) in [5.74, 6) is -1.43. The quantitative estimate of drug-likeness (QED) is 0.376. The Kier molecular flexibility index (Phi) is 7.89. The number of hydrogen-bond donors (Lipinski definition) is 3. The van der Waals surface area contributed by atoms with Crippen LogP contribution in [0.1, 0.15) is 33.2 Å². The zero-order chi connectivity index (χ0) is 23.0. The summed E-state index contributed by atoms with van der Waals surface area (Å²) >= 11 is 0. The molecule has 0 bridgehead atoms. The molecule has 2 aromatic carbocycles. The molecule has 0 aliphatic carbocycles. The highest BCUT2D eigenvalue weighted by molar-refractivity contribution is 5.99. The number of rotatable bonds is 10. The van der Waals surface area contributed by atoms with E-state index in [1.807, 2.05) is 0 Å². The van der Waals surface area contributed by atoms with E-state index in [1.165, 1.54) is 25.3 Å². The van der Waals surface area contributed by atoms with Crippen molar-refractivity contribution in [1.82, 2.24) is 10.6 Å². The fourth-order valence-corrected chi connectivity index (χ4v) is 2.63. The molecule has 0 aliphatic rings. The van der Waals surface area contributed by atoms with Crippen molar-refractivity contribution in [2.75, 3.05) is 20.3 Å². The number of ether oxygens (including phenoxy) is 2. The molecule has 164 valence electrons. The van der Waals surface area contributed by atoms with E-state index in [4.69, 9.17) is 15.2 Å². The monoisotopic (exact) mass is 430 g/mol. The summed E-state index contributed by atoms with van der Waals surface area (Å²) < 4.78 is 10.5. The summed E-state index contributed by atoms with van der Waals surface area (Å²) in [6.45, 7) is 1.81. The molecule has 0 radical (unpaired) electrons. The molecule has 11 heteroatoms. The predicted molar refractivity (Wildman–Crippen MR) is 110 cm³/mol. The van der Waals surface area contributed by atoms with Crippen LogP contribution < -0.4 is 25.8 Å². The minimum absolute atomic E-state index is 0.0647. The Hall–Kier alpha value is -4.15. The van der Waals surface area contributed by atoms with Crippen LogP contribution in [0.25, 0.3) is 0 Å². The van der Waals surface area contributed by atoms with Crippen molar-refractivity contribution in [3.63, 3.8) is 0 Å². The summed E-state index contributed by atoms with van der Waals surface area (Å²) in [6.07, 6.45) is 0. The van der Waals surface area contributed by atoms with Crippen LogP contribution in [0.5, 0.6) is 11.5 Å². The summed E-state index contributed by atoms with van der Waals surface area (Å²) in [5, 5.41) is 16.4. The highest BCUT2D eigenvalue weighted by Crippen LogP contribution is 2.34. The lowest BCUT2D eigenvalue weighted by Gasteiger charge is -2.12. The molecule has 0 saturated heterocycles. The minimum Gasteiger partial charge on any atom is -0.493 e. The van der Waals surface area contributed by atoms with E-state index in [1.54, 1.807) is 19.1 Å². The van der Waals surface area contributed by atoms with Crippen molar-refractivity contribution in [2.45, 2.75) is 13.5 Å². The van der Waals surface area contributed by atoms with Gasteiger partial charge in [0.25, 0.3) is 17.5 Å². The number of nitrogens with two attached hydrogens (primary N) is 1. The highest BCUT2D eigenvalue weighted by Gasteiger charge is 2.24.